The third-order valence-corrected chi connectivity index (χ3v) is 4.82. The average molecular weight is 279 g/mol. The van der Waals surface area contributed by atoms with E-state index in [0.29, 0.717) is 18.8 Å². The molecule has 1 atom stereocenters. The Morgan fingerprint density at radius 3 is 2.45 bits per heavy atom. The third-order valence-electron chi connectivity index (χ3n) is 4.82. The molecule has 0 radical (unpaired) electrons. The predicted molar refractivity (Wildman–Crippen MR) is 75.0 cm³/mol. The fourth-order valence-corrected chi connectivity index (χ4v) is 3.74. The first-order valence-electron chi connectivity index (χ1n) is 7.49. The fraction of sp³-hybridized carbons (Fsp3) is 0.625. The van der Waals surface area contributed by atoms with Crippen molar-refractivity contribution in [3.8, 4) is 0 Å². The summed E-state index contributed by atoms with van der Waals surface area (Å²) >= 11 is 0. The second-order valence-corrected chi connectivity index (χ2v) is 5.83. The molecule has 1 aliphatic carbocycles. The number of aliphatic hydroxyl groups excluding tert-OH is 1. The van der Waals surface area contributed by atoms with Crippen molar-refractivity contribution >= 4 is 0 Å². The van der Waals surface area contributed by atoms with Gasteiger partial charge < -0.3 is 9.84 Å². The molecule has 1 unspecified atom stereocenters. The van der Waals surface area contributed by atoms with Gasteiger partial charge in [-0.1, -0.05) is 31.0 Å². The lowest BCUT2D eigenvalue weighted by Crippen LogP contribution is -2.55. The second-order valence-electron chi connectivity index (χ2n) is 5.83. The standard InChI is InChI=1S/C16H22FNO2/c17-14-6-2-1-5-13(14)15(19)16(7-3-4-8-16)18-9-11-20-12-10-18/h1-2,5-6,15,19H,3-4,7-12H2. The van der Waals surface area contributed by atoms with Gasteiger partial charge in [-0.15, -0.1) is 0 Å². The van der Waals surface area contributed by atoms with Gasteiger partial charge in [0.05, 0.1) is 18.8 Å². The van der Waals surface area contributed by atoms with E-state index in [-0.39, 0.29) is 11.4 Å². The van der Waals surface area contributed by atoms with Crippen molar-refractivity contribution in [1.29, 1.82) is 0 Å². The molecule has 1 heterocycles. The molecule has 2 aliphatic rings. The first-order chi connectivity index (χ1) is 9.74. The molecule has 4 heteroatoms. The topological polar surface area (TPSA) is 32.7 Å². The van der Waals surface area contributed by atoms with Gasteiger partial charge in [0, 0.05) is 18.7 Å². The van der Waals surface area contributed by atoms with Crippen molar-refractivity contribution in [3.05, 3.63) is 35.6 Å². The van der Waals surface area contributed by atoms with Gasteiger partial charge in [-0.25, -0.2) is 4.39 Å². The molecule has 3 rings (SSSR count). The molecule has 1 aliphatic heterocycles. The molecule has 1 aromatic rings. The highest BCUT2D eigenvalue weighted by Gasteiger charge is 2.46. The molecule has 110 valence electrons. The molecule has 1 aromatic carbocycles. The number of nitrogens with zero attached hydrogens (tertiary/aromatic N) is 1. The third kappa shape index (κ3) is 2.36. The first-order valence-corrected chi connectivity index (χ1v) is 7.49. The Labute approximate surface area is 119 Å². The van der Waals surface area contributed by atoms with Gasteiger partial charge in [0.15, 0.2) is 0 Å². The van der Waals surface area contributed by atoms with Crippen LogP contribution in [0.1, 0.15) is 37.4 Å². The number of aliphatic hydroxyl groups is 1. The quantitative estimate of drug-likeness (QED) is 0.923. The van der Waals surface area contributed by atoms with E-state index in [2.05, 4.69) is 4.90 Å². The van der Waals surface area contributed by atoms with Crippen LogP contribution in [0.15, 0.2) is 24.3 Å². The molecule has 2 fully saturated rings. The van der Waals surface area contributed by atoms with E-state index < -0.39 is 6.10 Å². The van der Waals surface area contributed by atoms with Crippen LogP contribution in [0, 0.1) is 5.82 Å². The normalized spacial score (nSPS) is 24.7. The van der Waals surface area contributed by atoms with Crippen molar-refractivity contribution in [1.82, 2.24) is 4.90 Å². The lowest BCUT2D eigenvalue weighted by molar-refractivity contribution is -0.0783. The van der Waals surface area contributed by atoms with E-state index in [9.17, 15) is 9.50 Å². The summed E-state index contributed by atoms with van der Waals surface area (Å²) in [5.41, 5.74) is 0.118. The van der Waals surface area contributed by atoms with Crippen LogP contribution in [0.2, 0.25) is 0 Å². The van der Waals surface area contributed by atoms with Crippen LogP contribution in [0.25, 0.3) is 0 Å². The highest BCUT2D eigenvalue weighted by molar-refractivity contribution is 5.24. The minimum Gasteiger partial charge on any atom is -0.386 e. The molecular formula is C16H22FNO2. The molecule has 0 spiro atoms. The largest absolute Gasteiger partial charge is 0.386 e. The van der Waals surface area contributed by atoms with Crippen LogP contribution in [-0.4, -0.2) is 41.8 Å². The number of halogens is 1. The van der Waals surface area contributed by atoms with Crippen molar-refractivity contribution in [3.63, 3.8) is 0 Å². The van der Waals surface area contributed by atoms with Crippen LogP contribution in [0.3, 0.4) is 0 Å². The van der Waals surface area contributed by atoms with Gasteiger partial charge in [-0.05, 0) is 18.9 Å². The first kappa shape index (κ1) is 14.0. The van der Waals surface area contributed by atoms with E-state index in [1.54, 1.807) is 18.2 Å². The zero-order valence-electron chi connectivity index (χ0n) is 11.7. The van der Waals surface area contributed by atoms with E-state index >= 15 is 0 Å². The number of hydrogen-bond acceptors (Lipinski definition) is 3. The van der Waals surface area contributed by atoms with E-state index in [1.165, 1.54) is 6.07 Å². The molecule has 1 N–H and O–H groups in total. The Balaban J connectivity index is 1.91. The number of benzene rings is 1. The van der Waals surface area contributed by atoms with Crippen LogP contribution in [-0.2, 0) is 4.74 Å². The lowest BCUT2D eigenvalue weighted by atomic mass is 9.83. The smallest absolute Gasteiger partial charge is 0.129 e. The maximum Gasteiger partial charge on any atom is 0.129 e. The Bertz CT molecular complexity index is 454. The summed E-state index contributed by atoms with van der Waals surface area (Å²) in [4.78, 5) is 2.32. The summed E-state index contributed by atoms with van der Waals surface area (Å²) < 4.78 is 19.4. The Kier molecular flexibility index (Phi) is 4.06. The monoisotopic (exact) mass is 279 g/mol. The summed E-state index contributed by atoms with van der Waals surface area (Å²) in [6.07, 6.45) is 3.31. The van der Waals surface area contributed by atoms with Gasteiger partial charge in [0.2, 0.25) is 0 Å². The SMILES string of the molecule is OC(c1ccccc1F)C1(N2CCOCC2)CCCC1. The average Bonchev–Trinajstić information content (AvgIpc) is 2.99. The number of rotatable bonds is 3. The summed E-state index contributed by atoms with van der Waals surface area (Å²) in [5, 5.41) is 10.9. The van der Waals surface area contributed by atoms with E-state index in [1.807, 2.05) is 0 Å². The summed E-state index contributed by atoms with van der Waals surface area (Å²) in [7, 11) is 0. The van der Waals surface area contributed by atoms with Gasteiger partial charge in [-0.2, -0.15) is 0 Å². The van der Waals surface area contributed by atoms with Crippen molar-refractivity contribution in [2.24, 2.45) is 0 Å². The Morgan fingerprint density at radius 1 is 1.15 bits per heavy atom. The summed E-state index contributed by atoms with van der Waals surface area (Å²) in [6, 6.07) is 6.60. The zero-order valence-corrected chi connectivity index (χ0v) is 11.7. The molecule has 1 saturated carbocycles. The van der Waals surface area contributed by atoms with Gasteiger partial charge in [-0.3, -0.25) is 4.90 Å². The van der Waals surface area contributed by atoms with Crippen LogP contribution in [0.4, 0.5) is 4.39 Å². The van der Waals surface area contributed by atoms with Crippen LogP contribution < -0.4 is 0 Å². The summed E-state index contributed by atoms with van der Waals surface area (Å²) in [5.74, 6) is -0.306. The van der Waals surface area contributed by atoms with Crippen molar-refractivity contribution in [2.75, 3.05) is 26.3 Å². The van der Waals surface area contributed by atoms with E-state index in [4.69, 9.17) is 4.74 Å². The second kappa shape index (κ2) is 5.80. The van der Waals surface area contributed by atoms with Gasteiger partial charge in [0.1, 0.15) is 11.9 Å². The highest BCUT2D eigenvalue weighted by Crippen LogP contribution is 2.45. The molecule has 20 heavy (non-hydrogen) atoms. The van der Waals surface area contributed by atoms with Crippen molar-refractivity contribution in [2.45, 2.75) is 37.3 Å². The molecule has 0 amide bonds. The maximum absolute atomic E-state index is 14.0. The van der Waals surface area contributed by atoms with E-state index in [0.717, 1.165) is 38.8 Å². The lowest BCUT2D eigenvalue weighted by Gasteiger charge is -2.46. The molecule has 0 bridgehead atoms. The number of morpholine rings is 1. The summed E-state index contributed by atoms with van der Waals surface area (Å²) in [6.45, 7) is 3.05. The molecular weight excluding hydrogens is 257 g/mol. The van der Waals surface area contributed by atoms with Crippen LogP contribution in [0.5, 0.6) is 0 Å². The number of hydrogen-bond donors (Lipinski definition) is 1. The zero-order chi connectivity index (χ0) is 14.0. The van der Waals surface area contributed by atoms with Crippen molar-refractivity contribution < 1.29 is 14.2 Å². The highest BCUT2D eigenvalue weighted by atomic mass is 19.1. The minimum atomic E-state index is -0.760. The molecule has 1 saturated heterocycles. The number of ether oxygens (including phenoxy) is 1. The Hall–Kier alpha value is -0.970. The maximum atomic E-state index is 14.0. The minimum absolute atomic E-state index is 0.306. The Morgan fingerprint density at radius 2 is 1.80 bits per heavy atom. The fourth-order valence-electron chi connectivity index (χ4n) is 3.74. The van der Waals surface area contributed by atoms with Gasteiger partial charge in [0.25, 0.3) is 0 Å². The van der Waals surface area contributed by atoms with Gasteiger partial charge >= 0.3 is 0 Å². The van der Waals surface area contributed by atoms with Crippen LogP contribution >= 0.6 is 0 Å². The molecule has 0 aromatic heterocycles. The molecule has 3 nitrogen and oxygen atoms in total. The predicted octanol–water partition coefficient (Wildman–Crippen LogP) is 2.50.